The third-order valence-electron chi connectivity index (χ3n) is 11.3. The molecule has 0 aromatic rings. The molecule has 32 heavy (non-hydrogen) atoms. The summed E-state index contributed by atoms with van der Waals surface area (Å²) in [5, 5.41) is 0. The average molecular weight is 441 g/mol. The molecule has 1 nitrogen and oxygen atoms in total. The molecule has 4 aliphatic rings. The second-order valence-corrected chi connectivity index (χ2v) is 14.7. The van der Waals surface area contributed by atoms with Gasteiger partial charge in [0.25, 0.3) is 0 Å². The van der Waals surface area contributed by atoms with E-state index in [1.807, 2.05) is 0 Å². The van der Waals surface area contributed by atoms with Crippen molar-refractivity contribution in [1.82, 2.24) is 0 Å². The van der Waals surface area contributed by atoms with Gasteiger partial charge in [0, 0.05) is 10.8 Å². The van der Waals surface area contributed by atoms with Crippen LogP contribution in [0.1, 0.15) is 120 Å². The van der Waals surface area contributed by atoms with Crippen LogP contribution in [-0.2, 0) is 4.79 Å². The van der Waals surface area contributed by atoms with Crippen LogP contribution < -0.4 is 0 Å². The Morgan fingerprint density at radius 2 is 1.62 bits per heavy atom. The van der Waals surface area contributed by atoms with Crippen LogP contribution >= 0.6 is 0 Å². The van der Waals surface area contributed by atoms with E-state index in [0.717, 1.165) is 41.9 Å². The Bertz CT molecular complexity index is 769. The van der Waals surface area contributed by atoms with Crippen LogP contribution in [-0.4, -0.2) is 5.78 Å². The topological polar surface area (TPSA) is 17.1 Å². The highest BCUT2D eigenvalue weighted by atomic mass is 16.1. The lowest BCUT2D eigenvalue weighted by Gasteiger charge is -2.62. The van der Waals surface area contributed by atoms with E-state index in [-0.39, 0.29) is 16.2 Å². The molecule has 0 radical (unpaired) electrons. The van der Waals surface area contributed by atoms with Crippen molar-refractivity contribution in [2.75, 3.05) is 0 Å². The molecule has 0 aromatic carbocycles. The molecule has 0 spiro atoms. The van der Waals surface area contributed by atoms with Crippen molar-refractivity contribution in [3.05, 3.63) is 11.6 Å². The van der Waals surface area contributed by atoms with Crippen molar-refractivity contribution in [2.45, 2.75) is 120 Å². The second kappa shape index (κ2) is 7.98. The molecule has 0 amide bonds. The molecule has 0 bridgehead atoms. The number of rotatable bonds is 5. The summed E-state index contributed by atoms with van der Waals surface area (Å²) in [4.78, 5) is 13.4. The number of Topliss-reactive ketones (excluding diaryl/α,β-unsaturated/α-hetero) is 1. The molecular weight excluding hydrogens is 388 g/mol. The van der Waals surface area contributed by atoms with E-state index >= 15 is 0 Å². The predicted molar refractivity (Wildman–Crippen MR) is 136 cm³/mol. The van der Waals surface area contributed by atoms with Gasteiger partial charge < -0.3 is 0 Å². The third-order valence-corrected chi connectivity index (χ3v) is 11.3. The van der Waals surface area contributed by atoms with E-state index in [2.05, 4.69) is 68.4 Å². The second-order valence-electron chi connectivity index (χ2n) is 14.7. The van der Waals surface area contributed by atoms with Gasteiger partial charge in [-0.1, -0.05) is 79.4 Å². The number of carbonyl (C=O) groups is 1. The van der Waals surface area contributed by atoms with Crippen molar-refractivity contribution in [3.63, 3.8) is 0 Å². The Labute approximate surface area is 199 Å². The highest BCUT2D eigenvalue weighted by molar-refractivity contribution is 5.93. The third kappa shape index (κ3) is 3.58. The van der Waals surface area contributed by atoms with Gasteiger partial charge in [-0.25, -0.2) is 0 Å². The molecule has 3 fully saturated rings. The minimum atomic E-state index is -0.300. The maximum absolute atomic E-state index is 13.4. The Kier molecular flexibility index (Phi) is 6.12. The molecule has 0 saturated heterocycles. The van der Waals surface area contributed by atoms with Gasteiger partial charge in [-0.05, 0) is 98.7 Å². The summed E-state index contributed by atoms with van der Waals surface area (Å²) in [6.07, 6.45) is 14.7. The Morgan fingerprint density at radius 1 is 0.938 bits per heavy atom. The smallest absolute Gasteiger partial charge is 0.148 e. The Morgan fingerprint density at radius 3 is 2.28 bits per heavy atom. The van der Waals surface area contributed by atoms with Crippen molar-refractivity contribution in [3.8, 4) is 0 Å². The van der Waals surface area contributed by atoms with Crippen molar-refractivity contribution >= 4 is 5.78 Å². The molecule has 7 atom stereocenters. The van der Waals surface area contributed by atoms with Gasteiger partial charge in [0.05, 0.1) is 0 Å². The molecule has 182 valence electrons. The van der Waals surface area contributed by atoms with Crippen molar-refractivity contribution in [1.29, 1.82) is 0 Å². The van der Waals surface area contributed by atoms with Crippen LogP contribution in [0.25, 0.3) is 0 Å². The van der Waals surface area contributed by atoms with Crippen molar-refractivity contribution < 1.29 is 4.79 Å². The number of hydrogen-bond donors (Lipinski definition) is 0. The van der Waals surface area contributed by atoms with Gasteiger partial charge in [0.15, 0.2) is 0 Å². The SMILES string of the molecule is CC(C)CCC[C@@H](C)[C@@H]1CC[C@@H]2[C@H]3CC=C4C(C)(C)C(=O)C(C)(C)C[C@]4(C)[C@@H]3CC[C@]21C. The molecule has 4 aliphatic carbocycles. The van der Waals surface area contributed by atoms with Gasteiger partial charge >= 0.3 is 0 Å². The minimum absolute atomic E-state index is 0.201. The summed E-state index contributed by atoms with van der Waals surface area (Å²) >= 11 is 0. The highest BCUT2D eigenvalue weighted by Gasteiger charge is 2.63. The Balaban J connectivity index is 1.59. The summed E-state index contributed by atoms with van der Waals surface area (Å²) in [6.45, 7) is 21.4. The number of carbonyl (C=O) groups excluding carboxylic acids is 1. The summed E-state index contributed by atoms with van der Waals surface area (Å²) < 4.78 is 0. The minimum Gasteiger partial charge on any atom is -0.298 e. The molecule has 0 aromatic heterocycles. The number of allylic oxidation sites excluding steroid dienone is 2. The quantitative estimate of drug-likeness (QED) is 0.390. The summed E-state index contributed by atoms with van der Waals surface area (Å²) in [5.41, 5.74) is 1.73. The molecule has 1 heteroatoms. The van der Waals surface area contributed by atoms with E-state index < -0.39 is 0 Å². The van der Waals surface area contributed by atoms with Crippen LogP contribution in [0, 0.1) is 57.2 Å². The summed E-state index contributed by atoms with van der Waals surface area (Å²) in [6, 6.07) is 0. The lowest BCUT2D eigenvalue weighted by atomic mass is 9.41. The largest absolute Gasteiger partial charge is 0.298 e. The molecule has 0 unspecified atom stereocenters. The fourth-order valence-corrected chi connectivity index (χ4v) is 10.3. The average Bonchev–Trinajstić information content (AvgIpc) is 3.03. The van der Waals surface area contributed by atoms with Gasteiger partial charge in [-0.3, -0.25) is 4.79 Å². The standard InChI is InChI=1S/C31H52O/c1-20(2)11-10-12-21(3)23-14-15-24-22-13-16-26-29(6,7)27(32)28(4,5)19-31(26,9)25(22)17-18-30(23,24)8/h16,20-25H,10-15,17-19H2,1-9H3/t21-,22-,23+,24-,25-,30+,31-/m1/s1. The maximum atomic E-state index is 13.4. The van der Waals surface area contributed by atoms with Crippen LogP contribution in [0.15, 0.2) is 11.6 Å². The maximum Gasteiger partial charge on any atom is 0.148 e. The van der Waals surface area contributed by atoms with Gasteiger partial charge in [0.2, 0.25) is 0 Å². The lowest BCUT2D eigenvalue weighted by molar-refractivity contribution is -0.145. The van der Waals surface area contributed by atoms with E-state index in [1.54, 1.807) is 0 Å². The zero-order valence-corrected chi connectivity index (χ0v) is 22.8. The van der Waals surface area contributed by atoms with E-state index in [1.165, 1.54) is 56.9 Å². The monoisotopic (exact) mass is 440 g/mol. The summed E-state index contributed by atoms with van der Waals surface area (Å²) in [5.74, 6) is 5.57. The van der Waals surface area contributed by atoms with Gasteiger partial charge in [-0.15, -0.1) is 0 Å². The van der Waals surface area contributed by atoms with E-state index in [0.29, 0.717) is 11.2 Å². The van der Waals surface area contributed by atoms with E-state index in [9.17, 15) is 4.79 Å². The first-order valence-corrected chi connectivity index (χ1v) is 14.0. The summed E-state index contributed by atoms with van der Waals surface area (Å²) in [7, 11) is 0. The normalized spacial score (nSPS) is 43.3. The van der Waals surface area contributed by atoms with Crippen LogP contribution in [0.5, 0.6) is 0 Å². The highest BCUT2D eigenvalue weighted by Crippen LogP contribution is 2.70. The van der Waals surface area contributed by atoms with Crippen LogP contribution in [0.4, 0.5) is 0 Å². The molecule has 0 N–H and O–H groups in total. The first-order chi connectivity index (χ1) is 14.7. The van der Waals surface area contributed by atoms with Crippen LogP contribution in [0.2, 0.25) is 0 Å². The molecular formula is C31H52O. The fourth-order valence-electron chi connectivity index (χ4n) is 10.3. The first kappa shape index (κ1) is 24.5. The molecule has 0 aliphatic heterocycles. The van der Waals surface area contributed by atoms with Crippen molar-refractivity contribution in [2.24, 2.45) is 57.2 Å². The molecule has 0 heterocycles. The number of ketones is 1. The Hall–Kier alpha value is -0.590. The zero-order valence-electron chi connectivity index (χ0n) is 22.8. The zero-order chi connectivity index (χ0) is 23.7. The van der Waals surface area contributed by atoms with E-state index in [4.69, 9.17) is 0 Å². The molecule has 4 rings (SSSR count). The fraction of sp³-hybridized carbons (Fsp3) is 0.903. The van der Waals surface area contributed by atoms with Gasteiger partial charge in [-0.2, -0.15) is 0 Å². The predicted octanol–water partition coefficient (Wildman–Crippen LogP) is 8.87. The lowest BCUT2D eigenvalue weighted by Crippen LogP contribution is -2.57. The first-order valence-electron chi connectivity index (χ1n) is 14.0. The number of hydrogen-bond acceptors (Lipinski definition) is 1. The van der Waals surface area contributed by atoms with Gasteiger partial charge in [0.1, 0.15) is 5.78 Å². The van der Waals surface area contributed by atoms with Crippen LogP contribution in [0.3, 0.4) is 0 Å². The molecule has 3 saturated carbocycles. The number of fused-ring (bicyclic) bond motifs is 5.